The summed E-state index contributed by atoms with van der Waals surface area (Å²) in [6, 6.07) is 15.5. The molecule has 2 saturated carbocycles. The largest absolute Gasteiger partial charge is 0.413 e. The van der Waals surface area contributed by atoms with Crippen molar-refractivity contribution in [3.8, 4) is 0 Å². The molecule has 3 aliphatic rings. The Morgan fingerprint density at radius 2 is 1.82 bits per heavy atom. The van der Waals surface area contributed by atoms with Crippen molar-refractivity contribution in [3.05, 3.63) is 72.3 Å². The predicted molar refractivity (Wildman–Crippen MR) is 118 cm³/mol. The first-order valence-corrected chi connectivity index (χ1v) is 11.6. The Bertz CT molecular complexity index is 953. The average Bonchev–Trinajstić information content (AvgIpc) is 3.06. The smallest absolute Gasteiger partial charge is 0.246 e. The van der Waals surface area contributed by atoms with Gasteiger partial charge in [0.05, 0.1) is 6.10 Å². The first-order valence-electron chi connectivity index (χ1n) is 10.7. The van der Waals surface area contributed by atoms with E-state index in [0.717, 1.165) is 12.3 Å². The van der Waals surface area contributed by atoms with Crippen molar-refractivity contribution in [3.63, 3.8) is 0 Å². The van der Waals surface area contributed by atoms with E-state index in [0.29, 0.717) is 26.7 Å². The van der Waals surface area contributed by atoms with Gasteiger partial charge in [0.15, 0.2) is 0 Å². The van der Waals surface area contributed by atoms with Crippen LogP contribution in [0.5, 0.6) is 0 Å². The van der Waals surface area contributed by atoms with Crippen molar-refractivity contribution in [2.75, 3.05) is 0 Å². The van der Waals surface area contributed by atoms with Crippen LogP contribution in [0.25, 0.3) is 10.8 Å². The Labute approximate surface area is 171 Å². The Balaban J connectivity index is 1.49. The van der Waals surface area contributed by atoms with Crippen LogP contribution in [0.15, 0.2) is 66.8 Å². The second-order valence-electron chi connectivity index (χ2n) is 9.81. The molecule has 144 valence electrons. The van der Waals surface area contributed by atoms with E-state index in [1.807, 2.05) is 0 Å². The highest BCUT2D eigenvalue weighted by Crippen LogP contribution is 2.66. The molecule has 0 heterocycles. The number of hydrogen-bond donors (Lipinski definition) is 0. The van der Waals surface area contributed by atoms with Crippen LogP contribution in [0, 0.1) is 16.7 Å². The summed E-state index contributed by atoms with van der Waals surface area (Å²) in [4.78, 5) is 0. The highest BCUT2D eigenvalue weighted by atomic mass is 28.2. The molecule has 2 fully saturated rings. The van der Waals surface area contributed by atoms with Gasteiger partial charge in [-0.05, 0) is 58.8 Å². The van der Waals surface area contributed by atoms with Crippen LogP contribution in [-0.2, 0) is 9.46 Å². The zero-order valence-corrected chi connectivity index (χ0v) is 18.2. The average molecular weight is 387 g/mol. The fourth-order valence-corrected chi connectivity index (χ4v) is 7.45. The molecule has 4 atom stereocenters. The second-order valence-corrected chi connectivity index (χ2v) is 11.1. The van der Waals surface area contributed by atoms with Crippen LogP contribution in [-0.4, -0.2) is 15.9 Å². The molecule has 0 saturated heterocycles. The minimum absolute atomic E-state index is 0.0437. The molecule has 2 bridgehead atoms. The van der Waals surface area contributed by atoms with Crippen molar-refractivity contribution in [2.24, 2.45) is 16.7 Å². The number of hydrogen-bond acceptors (Lipinski definition) is 1. The summed E-state index contributed by atoms with van der Waals surface area (Å²) in [7, 11) is 0.455. The third-order valence-corrected chi connectivity index (χ3v) is 9.84. The fourth-order valence-electron chi connectivity index (χ4n) is 6.05. The van der Waals surface area contributed by atoms with Gasteiger partial charge in [-0.1, -0.05) is 87.5 Å². The molecule has 2 aromatic carbocycles. The maximum atomic E-state index is 6.86. The molecular weight excluding hydrogens is 356 g/mol. The lowest BCUT2D eigenvalue weighted by atomic mass is 9.70. The van der Waals surface area contributed by atoms with Crippen molar-refractivity contribution in [2.45, 2.75) is 57.6 Å². The third kappa shape index (κ3) is 2.54. The van der Waals surface area contributed by atoms with Crippen LogP contribution in [0.4, 0.5) is 0 Å². The summed E-state index contributed by atoms with van der Waals surface area (Å²) in [6.45, 7) is 7.43. The van der Waals surface area contributed by atoms with Gasteiger partial charge in [0, 0.05) is 5.04 Å². The van der Waals surface area contributed by atoms with Crippen LogP contribution < -0.4 is 0 Å². The summed E-state index contributed by atoms with van der Waals surface area (Å²) < 4.78 is 6.86. The van der Waals surface area contributed by atoms with E-state index in [4.69, 9.17) is 4.43 Å². The maximum Gasteiger partial charge on any atom is 0.246 e. The molecule has 4 unspecified atom stereocenters. The van der Waals surface area contributed by atoms with Crippen LogP contribution in [0.2, 0.25) is 0 Å². The molecule has 0 N–H and O–H groups in total. The topological polar surface area (TPSA) is 9.23 Å². The fraction of sp³-hybridized carbons (Fsp3) is 0.462. The molecule has 0 aromatic heterocycles. The normalized spacial score (nSPS) is 35.7. The molecule has 0 amide bonds. The summed E-state index contributed by atoms with van der Waals surface area (Å²) in [5, 5.41) is 2.64. The lowest BCUT2D eigenvalue weighted by Gasteiger charge is -2.41. The number of benzene rings is 2. The van der Waals surface area contributed by atoms with Crippen LogP contribution in [0.3, 0.4) is 0 Å². The van der Waals surface area contributed by atoms with E-state index in [1.54, 1.807) is 0 Å². The first-order chi connectivity index (χ1) is 13.5. The number of fused-ring (bicyclic) bond motifs is 3. The quantitative estimate of drug-likeness (QED) is 0.552. The zero-order valence-electron chi connectivity index (χ0n) is 17.2. The number of allylic oxidation sites excluding steroid dienone is 4. The van der Waals surface area contributed by atoms with E-state index in [-0.39, 0.29) is 5.04 Å². The Morgan fingerprint density at radius 1 is 1.00 bits per heavy atom. The van der Waals surface area contributed by atoms with Crippen LogP contribution in [0.1, 0.15) is 52.0 Å². The standard InChI is InChI=1S/C26H30OSi/c1-24(2)20-14-17-25(24,3)23(18-20)27-28-26(15-7-4-8-16-26)22-13-9-11-19-10-5-6-12-21(19)22/h4-13,15,20,23H,14,16-18H2,1-3H3. The molecule has 5 rings (SSSR count). The van der Waals surface area contributed by atoms with E-state index >= 15 is 0 Å². The Kier molecular flexibility index (Phi) is 4.23. The zero-order chi connectivity index (χ0) is 19.4. The third-order valence-electron chi connectivity index (χ3n) is 8.44. The minimum atomic E-state index is -0.0437. The van der Waals surface area contributed by atoms with E-state index in [1.165, 1.54) is 35.6 Å². The molecule has 2 heteroatoms. The molecule has 2 aromatic rings. The molecule has 3 aliphatic carbocycles. The van der Waals surface area contributed by atoms with Crippen molar-refractivity contribution >= 4 is 20.5 Å². The van der Waals surface area contributed by atoms with E-state index < -0.39 is 0 Å². The van der Waals surface area contributed by atoms with E-state index in [9.17, 15) is 0 Å². The van der Waals surface area contributed by atoms with Gasteiger partial charge in [-0.2, -0.15) is 0 Å². The van der Waals surface area contributed by atoms with Gasteiger partial charge in [-0.15, -0.1) is 0 Å². The van der Waals surface area contributed by atoms with Crippen molar-refractivity contribution in [1.29, 1.82) is 0 Å². The Hall–Kier alpha value is -1.64. The molecular formula is C26H30OSi. The van der Waals surface area contributed by atoms with Gasteiger partial charge in [0.2, 0.25) is 9.76 Å². The molecule has 2 radical (unpaired) electrons. The van der Waals surface area contributed by atoms with Crippen molar-refractivity contribution < 1.29 is 4.43 Å². The SMILES string of the molecule is CC1(C)C2CCC1(C)C(O[Si]C1(c3cccc4ccccc34)C=CC=CC1)C2. The van der Waals surface area contributed by atoms with Crippen LogP contribution >= 0.6 is 0 Å². The lowest BCUT2D eigenvalue weighted by Crippen LogP contribution is -2.42. The van der Waals surface area contributed by atoms with Gasteiger partial charge in [-0.25, -0.2) is 0 Å². The summed E-state index contributed by atoms with van der Waals surface area (Å²) in [6.07, 6.45) is 14.4. The summed E-state index contributed by atoms with van der Waals surface area (Å²) in [5.41, 5.74) is 2.13. The molecule has 0 spiro atoms. The minimum Gasteiger partial charge on any atom is -0.413 e. The predicted octanol–water partition coefficient (Wildman–Crippen LogP) is 6.40. The van der Waals surface area contributed by atoms with Gasteiger partial charge in [0.1, 0.15) is 0 Å². The van der Waals surface area contributed by atoms with E-state index in [2.05, 4.69) is 87.5 Å². The summed E-state index contributed by atoms with van der Waals surface area (Å²) in [5.74, 6) is 0.822. The Morgan fingerprint density at radius 3 is 2.54 bits per heavy atom. The van der Waals surface area contributed by atoms with Crippen molar-refractivity contribution in [1.82, 2.24) is 0 Å². The highest BCUT2D eigenvalue weighted by Gasteiger charge is 2.62. The monoisotopic (exact) mass is 386 g/mol. The molecule has 28 heavy (non-hydrogen) atoms. The number of rotatable bonds is 4. The highest BCUT2D eigenvalue weighted by molar-refractivity contribution is 6.34. The lowest BCUT2D eigenvalue weighted by molar-refractivity contribution is 0.0300. The van der Waals surface area contributed by atoms with Gasteiger partial charge in [-0.3, -0.25) is 0 Å². The van der Waals surface area contributed by atoms with Gasteiger partial charge >= 0.3 is 0 Å². The summed E-state index contributed by atoms with van der Waals surface area (Å²) >= 11 is 0. The second kappa shape index (κ2) is 6.43. The molecule has 1 nitrogen and oxygen atoms in total. The van der Waals surface area contributed by atoms with Gasteiger partial charge < -0.3 is 4.43 Å². The first kappa shape index (κ1) is 18.4. The maximum absolute atomic E-state index is 6.86. The van der Waals surface area contributed by atoms with Gasteiger partial charge in [0.25, 0.3) is 0 Å². The molecule has 0 aliphatic heterocycles.